The maximum Gasteiger partial charge on any atom is 0.0543 e. The summed E-state index contributed by atoms with van der Waals surface area (Å²) in [6, 6.07) is 18.6. The summed E-state index contributed by atoms with van der Waals surface area (Å²) in [5, 5.41) is 1.18. The molecule has 0 aliphatic rings. The lowest BCUT2D eigenvalue weighted by Crippen LogP contribution is -1.95. The first kappa shape index (κ1) is 11.6. The van der Waals surface area contributed by atoms with Crippen LogP contribution in [0.4, 0.5) is 0 Å². The molecular formula is C14H13ClS. The average Bonchev–Trinajstić information content (AvgIpc) is 2.34. The third kappa shape index (κ3) is 2.60. The molecule has 16 heavy (non-hydrogen) atoms. The molecule has 2 rings (SSSR count). The molecule has 0 saturated carbocycles. The van der Waals surface area contributed by atoms with E-state index in [0.29, 0.717) is 5.25 Å². The van der Waals surface area contributed by atoms with Crippen molar-refractivity contribution in [1.82, 2.24) is 0 Å². The van der Waals surface area contributed by atoms with Crippen LogP contribution in [-0.4, -0.2) is 6.26 Å². The molecule has 2 heteroatoms. The van der Waals surface area contributed by atoms with Crippen molar-refractivity contribution in [2.45, 2.75) is 5.25 Å². The lowest BCUT2D eigenvalue weighted by atomic mass is 10.0. The van der Waals surface area contributed by atoms with Gasteiger partial charge in [0.05, 0.1) is 5.25 Å². The first-order valence-electron chi connectivity index (χ1n) is 5.14. The third-order valence-corrected chi connectivity index (χ3v) is 3.78. The summed E-state index contributed by atoms with van der Waals surface area (Å²) in [5.74, 6) is 0. The van der Waals surface area contributed by atoms with Crippen molar-refractivity contribution < 1.29 is 0 Å². The molecule has 0 bridgehead atoms. The molecule has 0 aromatic heterocycles. The Morgan fingerprint density at radius 3 is 2.00 bits per heavy atom. The molecule has 82 valence electrons. The van der Waals surface area contributed by atoms with Gasteiger partial charge in [0.2, 0.25) is 0 Å². The average molecular weight is 249 g/mol. The zero-order valence-corrected chi connectivity index (χ0v) is 10.6. The highest BCUT2D eigenvalue weighted by Gasteiger charge is 2.11. The van der Waals surface area contributed by atoms with Gasteiger partial charge in [-0.3, -0.25) is 0 Å². The fraction of sp³-hybridized carbons (Fsp3) is 0.143. The van der Waals surface area contributed by atoms with E-state index in [-0.39, 0.29) is 0 Å². The number of hydrogen-bond acceptors (Lipinski definition) is 1. The van der Waals surface area contributed by atoms with E-state index in [1.54, 1.807) is 0 Å². The fourth-order valence-corrected chi connectivity index (χ4v) is 2.71. The molecule has 0 aliphatic carbocycles. The maximum absolute atomic E-state index is 5.90. The van der Waals surface area contributed by atoms with Gasteiger partial charge in [0, 0.05) is 5.02 Å². The van der Waals surface area contributed by atoms with Gasteiger partial charge in [-0.1, -0.05) is 54.1 Å². The lowest BCUT2D eigenvalue weighted by molar-refractivity contribution is 1.16. The van der Waals surface area contributed by atoms with E-state index in [4.69, 9.17) is 11.6 Å². The van der Waals surface area contributed by atoms with Crippen molar-refractivity contribution >= 4 is 23.4 Å². The number of hydrogen-bond donors (Lipinski definition) is 0. The van der Waals surface area contributed by atoms with Gasteiger partial charge in [-0.2, -0.15) is 11.8 Å². The van der Waals surface area contributed by atoms with Gasteiger partial charge in [0.15, 0.2) is 0 Å². The number of rotatable bonds is 3. The SMILES string of the molecule is CSC(c1ccccc1)c1ccc(Cl)cc1. The highest BCUT2D eigenvalue weighted by molar-refractivity contribution is 7.99. The van der Waals surface area contributed by atoms with E-state index in [1.165, 1.54) is 11.1 Å². The quantitative estimate of drug-likeness (QED) is 0.753. The Balaban J connectivity index is 2.33. The van der Waals surface area contributed by atoms with Gasteiger partial charge in [-0.15, -0.1) is 0 Å². The summed E-state index contributed by atoms with van der Waals surface area (Å²) < 4.78 is 0. The van der Waals surface area contributed by atoms with Crippen molar-refractivity contribution in [3.63, 3.8) is 0 Å². The molecule has 0 nitrogen and oxygen atoms in total. The Bertz CT molecular complexity index is 436. The zero-order chi connectivity index (χ0) is 11.4. The van der Waals surface area contributed by atoms with Crippen LogP contribution in [0.15, 0.2) is 54.6 Å². The second-order valence-corrected chi connectivity index (χ2v) is 4.96. The molecule has 0 N–H and O–H groups in total. The monoisotopic (exact) mass is 248 g/mol. The molecule has 0 radical (unpaired) electrons. The lowest BCUT2D eigenvalue weighted by Gasteiger charge is -2.15. The minimum absolute atomic E-state index is 0.387. The standard InChI is InChI=1S/C14H13ClS/c1-16-14(11-5-3-2-4-6-11)12-7-9-13(15)10-8-12/h2-10,14H,1H3. The smallest absolute Gasteiger partial charge is 0.0543 e. The maximum atomic E-state index is 5.90. The van der Waals surface area contributed by atoms with Crippen LogP contribution < -0.4 is 0 Å². The molecule has 0 fully saturated rings. The Kier molecular flexibility index (Phi) is 3.92. The zero-order valence-electron chi connectivity index (χ0n) is 9.06. The topological polar surface area (TPSA) is 0 Å². The molecule has 1 atom stereocenters. The molecule has 0 spiro atoms. The van der Waals surface area contributed by atoms with Crippen LogP contribution in [0.5, 0.6) is 0 Å². The Hall–Kier alpha value is -0.920. The Morgan fingerprint density at radius 1 is 0.875 bits per heavy atom. The summed E-state index contributed by atoms with van der Waals surface area (Å²) in [6.07, 6.45) is 2.13. The third-order valence-electron chi connectivity index (χ3n) is 2.51. The van der Waals surface area contributed by atoms with Crippen LogP contribution in [0.3, 0.4) is 0 Å². The van der Waals surface area contributed by atoms with Crippen molar-refractivity contribution in [3.8, 4) is 0 Å². The van der Waals surface area contributed by atoms with Crippen LogP contribution in [0, 0.1) is 0 Å². The first-order chi connectivity index (χ1) is 7.81. The van der Waals surface area contributed by atoms with Gasteiger partial charge in [-0.05, 0) is 29.5 Å². The first-order valence-corrected chi connectivity index (χ1v) is 6.81. The summed E-state index contributed by atoms with van der Waals surface area (Å²) in [7, 11) is 0. The second-order valence-electron chi connectivity index (χ2n) is 3.58. The highest BCUT2D eigenvalue weighted by Crippen LogP contribution is 2.33. The largest absolute Gasteiger partial charge is 0.152 e. The van der Waals surface area contributed by atoms with E-state index in [2.05, 4.69) is 42.7 Å². The van der Waals surface area contributed by atoms with Gasteiger partial charge >= 0.3 is 0 Å². The van der Waals surface area contributed by atoms with Gasteiger partial charge < -0.3 is 0 Å². The van der Waals surface area contributed by atoms with E-state index < -0.39 is 0 Å². The normalized spacial score (nSPS) is 12.4. The van der Waals surface area contributed by atoms with Crippen LogP contribution in [-0.2, 0) is 0 Å². The van der Waals surface area contributed by atoms with Crippen LogP contribution in [0.2, 0.25) is 5.02 Å². The second kappa shape index (κ2) is 5.42. The van der Waals surface area contributed by atoms with E-state index in [0.717, 1.165) is 5.02 Å². The van der Waals surface area contributed by atoms with Crippen LogP contribution in [0.25, 0.3) is 0 Å². The van der Waals surface area contributed by atoms with Crippen molar-refractivity contribution in [1.29, 1.82) is 0 Å². The molecule has 2 aromatic rings. The summed E-state index contributed by atoms with van der Waals surface area (Å²) in [5.41, 5.74) is 2.63. The Morgan fingerprint density at radius 2 is 1.44 bits per heavy atom. The molecule has 1 unspecified atom stereocenters. The van der Waals surface area contributed by atoms with Crippen molar-refractivity contribution in [2.24, 2.45) is 0 Å². The number of halogens is 1. The van der Waals surface area contributed by atoms with Crippen molar-refractivity contribution in [2.75, 3.05) is 6.26 Å². The predicted molar refractivity (Wildman–Crippen MR) is 73.3 cm³/mol. The molecule has 0 amide bonds. The van der Waals surface area contributed by atoms with E-state index in [9.17, 15) is 0 Å². The summed E-state index contributed by atoms with van der Waals surface area (Å²) in [6.45, 7) is 0. The van der Waals surface area contributed by atoms with E-state index >= 15 is 0 Å². The summed E-state index contributed by atoms with van der Waals surface area (Å²) >= 11 is 7.74. The molecular weight excluding hydrogens is 236 g/mol. The van der Waals surface area contributed by atoms with Gasteiger partial charge in [0.25, 0.3) is 0 Å². The highest BCUT2D eigenvalue weighted by atomic mass is 35.5. The number of benzene rings is 2. The molecule has 0 saturated heterocycles. The van der Waals surface area contributed by atoms with Crippen LogP contribution >= 0.6 is 23.4 Å². The molecule has 2 aromatic carbocycles. The van der Waals surface area contributed by atoms with E-state index in [1.807, 2.05) is 30.0 Å². The summed E-state index contributed by atoms with van der Waals surface area (Å²) in [4.78, 5) is 0. The minimum atomic E-state index is 0.387. The number of thioether (sulfide) groups is 1. The Labute approximate surface area is 106 Å². The van der Waals surface area contributed by atoms with Crippen LogP contribution in [0.1, 0.15) is 16.4 Å². The molecule has 0 aliphatic heterocycles. The van der Waals surface area contributed by atoms with Crippen molar-refractivity contribution in [3.05, 3.63) is 70.7 Å². The van der Waals surface area contributed by atoms with Gasteiger partial charge in [-0.25, -0.2) is 0 Å². The fourth-order valence-electron chi connectivity index (χ4n) is 1.73. The van der Waals surface area contributed by atoms with Gasteiger partial charge in [0.1, 0.15) is 0 Å². The predicted octanol–water partition coefficient (Wildman–Crippen LogP) is 4.79. The molecule has 0 heterocycles. The minimum Gasteiger partial charge on any atom is -0.152 e.